The molecule has 1 aromatic carbocycles. The molecule has 0 aliphatic carbocycles. The van der Waals surface area contributed by atoms with E-state index in [1.165, 1.54) is 36.5 Å². The number of carbonyl (C=O) groups excluding carboxylic acids is 1. The quantitative estimate of drug-likeness (QED) is 0.865. The first-order chi connectivity index (χ1) is 8.16. The van der Waals surface area contributed by atoms with Gasteiger partial charge in [-0.25, -0.2) is 9.37 Å². The smallest absolute Gasteiger partial charge is 0.139 e. The van der Waals surface area contributed by atoms with Crippen molar-refractivity contribution < 1.29 is 14.3 Å². The van der Waals surface area contributed by atoms with Crippen LogP contribution >= 0.6 is 0 Å². The number of hydrogen-bond acceptors (Lipinski definition) is 4. The second kappa shape index (κ2) is 4.61. The third-order valence-corrected chi connectivity index (χ3v) is 2.11. The van der Waals surface area contributed by atoms with Gasteiger partial charge in [0, 0.05) is 17.4 Å². The van der Waals surface area contributed by atoms with Gasteiger partial charge in [0.15, 0.2) is 0 Å². The standard InChI is InChI=1S/C12H9FN2O2/c13-8-3-1-4-9(7-8)15-11-10(12(16)17)5-2-6-14-11/h1-7H,(H,14,15)(H,16,17)/p-1. The molecular weight excluding hydrogens is 223 g/mol. The molecule has 0 amide bonds. The highest BCUT2D eigenvalue weighted by molar-refractivity contribution is 5.92. The van der Waals surface area contributed by atoms with Gasteiger partial charge in [-0.3, -0.25) is 0 Å². The van der Waals surface area contributed by atoms with Crippen molar-refractivity contribution in [3.8, 4) is 0 Å². The van der Waals surface area contributed by atoms with Crippen molar-refractivity contribution in [1.82, 2.24) is 4.98 Å². The zero-order valence-electron chi connectivity index (χ0n) is 8.68. The molecule has 0 spiro atoms. The Balaban J connectivity index is 2.33. The van der Waals surface area contributed by atoms with E-state index in [1.807, 2.05) is 0 Å². The summed E-state index contributed by atoms with van der Waals surface area (Å²) in [4.78, 5) is 14.7. The second-order valence-electron chi connectivity index (χ2n) is 3.32. The Morgan fingerprint density at radius 2 is 2.12 bits per heavy atom. The van der Waals surface area contributed by atoms with Crippen LogP contribution in [0.2, 0.25) is 0 Å². The fourth-order valence-electron chi connectivity index (χ4n) is 1.37. The number of nitrogens with one attached hydrogen (secondary N) is 1. The van der Waals surface area contributed by atoms with E-state index in [0.29, 0.717) is 5.69 Å². The van der Waals surface area contributed by atoms with Crippen LogP contribution in [0.25, 0.3) is 0 Å². The Labute approximate surface area is 96.7 Å². The summed E-state index contributed by atoms with van der Waals surface area (Å²) in [6.07, 6.45) is 1.44. The molecule has 0 aliphatic heterocycles. The van der Waals surface area contributed by atoms with Crippen molar-refractivity contribution in [3.05, 3.63) is 54.0 Å². The summed E-state index contributed by atoms with van der Waals surface area (Å²) in [7, 11) is 0. The van der Waals surface area contributed by atoms with Gasteiger partial charge >= 0.3 is 0 Å². The Hall–Kier alpha value is -2.43. The lowest BCUT2D eigenvalue weighted by molar-refractivity contribution is -0.254. The van der Waals surface area contributed by atoms with Crippen LogP contribution in [0.15, 0.2) is 42.6 Å². The number of carboxylic acids is 1. The van der Waals surface area contributed by atoms with E-state index >= 15 is 0 Å². The van der Waals surface area contributed by atoms with Crippen LogP contribution in [-0.2, 0) is 0 Å². The summed E-state index contributed by atoms with van der Waals surface area (Å²) in [6.45, 7) is 0. The molecule has 2 aromatic rings. The summed E-state index contributed by atoms with van der Waals surface area (Å²) in [5, 5.41) is 13.5. The first-order valence-electron chi connectivity index (χ1n) is 4.86. The third kappa shape index (κ3) is 2.57. The van der Waals surface area contributed by atoms with Crippen molar-refractivity contribution in [3.63, 3.8) is 0 Å². The van der Waals surface area contributed by atoms with Crippen LogP contribution in [-0.4, -0.2) is 11.0 Å². The highest BCUT2D eigenvalue weighted by atomic mass is 19.1. The van der Waals surface area contributed by atoms with Gasteiger partial charge in [-0.1, -0.05) is 6.07 Å². The van der Waals surface area contributed by atoms with Crippen LogP contribution in [0.1, 0.15) is 10.4 Å². The molecule has 0 saturated carbocycles. The zero-order chi connectivity index (χ0) is 12.3. The maximum atomic E-state index is 12.9. The van der Waals surface area contributed by atoms with Crippen LogP contribution in [0, 0.1) is 5.82 Å². The molecule has 0 atom stereocenters. The van der Waals surface area contributed by atoms with Gasteiger partial charge < -0.3 is 15.2 Å². The van der Waals surface area contributed by atoms with Crippen molar-refractivity contribution in [1.29, 1.82) is 0 Å². The molecule has 0 bridgehead atoms. The van der Waals surface area contributed by atoms with Crippen molar-refractivity contribution in [2.75, 3.05) is 5.32 Å². The lowest BCUT2D eigenvalue weighted by Crippen LogP contribution is -2.23. The number of aromatic nitrogens is 1. The van der Waals surface area contributed by atoms with E-state index in [4.69, 9.17) is 0 Å². The number of aromatic carboxylic acids is 1. The molecule has 1 aromatic heterocycles. The van der Waals surface area contributed by atoms with Crippen molar-refractivity contribution in [2.24, 2.45) is 0 Å². The highest BCUT2D eigenvalue weighted by Crippen LogP contribution is 2.18. The maximum Gasteiger partial charge on any atom is 0.139 e. The lowest BCUT2D eigenvalue weighted by Gasteiger charge is -2.11. The van der Waals surface area contributed by atoms with Gasteiger partial charge in [-0.2, -0.15) is 0 Å². The van der Waals surface area contributed by atoms with E-state index in [9.17, 15) is 14.3 Å². The minimum Gasteiger partial charge on any atom is -0.545 e. The van der Waals surface area contributed by atoms with Crippen LogP contribution in [0.5, 0.6) is 0 Å². The summed E-state index contributed by atoms with van der Waals surface area (Å²) < 4.78 is 12.9. The van der Waals surface area contributed by atoms with Gasteiger partial charge in [-0.15, -0.1) is 0 Å². The summed E-state index contributed by atoms with van der Waals surface area (Å²) in [5.41, 5.74) is 0.350. The molecular formula is C12H8FN2O2-. The predicted molar refractivity (Wildman–Crippen MR) is 58.3 cm³/mol. The topological polar surface area (TPSA) is 65.0 Å². The fraction of sp³-hybridized carbons (Fsp3) is 0. The molecule has 2 rings (SSSR count). The van der Waals surface area contributed by atoms with Gasteiger partial charge in [0.25, 0.3) is 0 Å². The monoisotopic (exact) mass is 231 g/mol. The molecule has 0 unspecified atom stereocenters. The Morgan fingerprint density at radius 3 is 2.82 bits per heavy atom. The van der Waals surface area contributed by atoms with E-state index < -0.39 is 11.8 Å². The molecule has 0 fully saturated rings. The molecule has 17 heavy (non-hydrogen) atoms. The van der Waals surface area contributed by atoms with E-state index in [0.717, 1.165) is 0 Å². The van der Waals surface area contributed by atoms with Crippen LogP contribution in [0.4, 0.5) is 15.9 Å². The largest absolute Gasteiger partial charge is 0.545 e. The number of benzene rings is 1. The number of carbonyl (C=O) groups is 1. The molecule has 0 saturated heterocycles. The Bertz CT molecular complexity index is 558. The van der Waals surface area contributed by atoms with Crippen LogP contribution < -0.4 is 10.4 Å². The van der Waals surface area contributed by atoms with Gasteiger partial charge in [0.1, 0.15) is 11.6 Å². The second-order valence-corrected chi connectivity index (χ2v) is 3.32. The first-order valence-corrected chi connectivity index (χ1v) is 4.86. The molecule has 0 aliphatic rings. The molecule has 5 heteroatoms. The highest BCUT2D eigenvalue weighted by Gasteiger charge is 2.04. The minimum atomic E-state index is -1.34. The molecule has 86 valence electrons. The zero-order valence-corrected chi connectivity index (χ0v) is 8.68. The van der Waals surface area contributed by atoms with E-state index in [1.54, 1.807) is 6.07 Å². The van der Waals surface area contributed by atoms with Gasteiger partial charge in [0.2, 0.25) is 0 Å². The van der Waals surface area contributed by atoms with E-state index in [-0.39, 0.29) is 11.4 Å². The molecule has 0 radical (unpaired) electrons. The third-order valence-electron chi connectivity index (χ3n) is 2.11. The van der Waals surface area contributed by atoms with Crippen LogP contribution in [0.3, 0.4) is 0 Å². The minimum absolute atomic E-state index is 0.0724. The number of hydrogen-bond donors (Lipinski definition) is 1. The number of rotatable bonds is 3. The van der Waals surface area contributed by atoms with E-state index in [2.05, 4.69) is 10.3 Å². The number of carboxylic acid groups (broad SMARTS) is 1. The summed E-state index contributed by atoms with van der Waals surface area (Å²) >= 11 is 0. The average molecular weight is 231 g/mol. The SMILES string of the molecule is O=C([O-])c1cccnc1Nc1cccc(F)c1. The normalized spacial score (nSPS) is 9.94. The number of pyridine rings is 1. The fourth-order valence-corrected chi connectivity index (χ4v) is 1.37. The van der Waals surface area contributed by atoms with Gasteiger partial charge in [0.05, 0.1) is 5.97 Å². The number of anilines is 2. The first kappa shape index (κ1) is 11.1. The summed E-state index contributed by atoms with van der Waals surface area (Å²) in [5.74, 6) is -1.63. The number of halogens is 1. The lowest BCUT2D eigenvalue weighted by atomic mass is 10.2. The Kier molecular flexibility index (Phi) is 3.00. The van der Waals surface area contributed by atoms with Crippen molar-refractivity contribution in [2.45, 2.75) is 0 Å². The maximum absolute atomic E-state index is 12.9. The Morgan fingerprint density at radius 1 is 1.29 bits per heavy atom. The van der Waals surface area contributed by atoms with Gasteiger partial charge in [-0.05, 0) is 30.3 Å². The average Bonchev–Trinajstić information content (AvgIpc) is 2.29. The number of nitrogens with zero attached hydrogens (tertiary/aromatic N) is 1. The molecule has 4 nitrogen and oxygen atoms in total. The summed E-state index contributed by atoms with van der Waals surface area (Å²) in [6, 6.07) is 8.51. The molecule has 1 heterocycles. The molecule has 1 N–H and O–H groups in total. The predicted octanol–water partition coefficient (Wildman–Crippen LogP) is 1.33. The van der Waals surface area contributed by atoms with Crippen molar-refractivity contribution >= 4 is 17.5 Å².